The first-order chi connectivity index (χ1) is 16.1. The summed E-state index contributed by atoms with van der Waals surface area (Å²) in [5.41, 5.74) is 3.68. The molecule has 5 nitrogen and oxygen atoms in total. The van der Waals surface area contributed by atoms with Gasteiger partial charge in [-0.05, 0) is 71.3 Å². The van der Waals surface area contributed by atoms with E-state index in [-0.39, 0.29) is 29.8 Å². The molecule has 0 saturated carbocycles. The number of ether oxygens (including phenoxy) is 1. The summed E-state index contributed by atoms with van der Waals surface area (Å²) in [6, 6.07) is 13.7. The predicted molar refractivity (Wildman–Crippen MR) is 137 cm³/mol. The highest BCUT2D eigenvalue weighted by atomic mass is 79.9. The van der Waals surface area contributed by atoms with E-state index in [1.807, 2.05) is 26.0 Å². The third-order valence-corrected chi connectivity index (χ3v) is 6.61. The molecular formula is C27H28BrClO5. The van der Waals surface area contributed by atoms with Crippen molar-refractivity contribution in [3.8, 4) is 23.0 Å². The number of aromatic hydroxyl groups is 3. The van der Waals surface area contributed by atoms with Crippen molar-refractivity contribution in [2.75, 3.05) is 6.61 Å². The van der Waals surface area contributed by atoms with Gasteiger partial charge in [0.1, 0.15) is 18.1 Å². The SMILES string of the molecule is CC(C)c1cc(Cc2c(Cl)cc(OCC(=O)CCCc3ccc(O)c(O)c3)cc2Br)ccc1O. The lowest BCUT2D eigenvalue weighted by atomic mass is 9.96. The van der Waals surface area contributed by atoms with Crippen LogP contribution >= 0.6 is 27.5 Å². The van der Waals surface area contributed by atoms with E-state index in [1.165, 1.54) is 12.1 Å². The Morgan fingerprint density at radius 1 is 0.971 bits per heavy atom. The van der Waals surface area contributed by atoms with Gasteiger partial charge in [-0.25, -0.2) is 0 Å². The average molecular weight is 548 g/mol. The summed E-state index contributed by atoms with van der Waals surface area (Å²) in [6.45, 7) is 4.01. The van der Waals surface area contributed by atoms with Gasteiger partial charge in [-0.1, -0.05) is 59.6 Å². The molecule has 180 valence electrons. The van der Waals surface area contributed by atoms with Gasteiger partial charge in [-0.2, -0.15) is 0 Å². The zero-order valence-electron chi connectivity index (χ0n) is 19.1. The Kier molecular flexibility index (Phi) is 8.86. The fraction of sp³-hybridized carbons (Fsp3) is 0.296. The molecule has 0 radical (unpaired) electrons. The number of benzene rings is 3. The predicted octanol–water partition coefficient (Wildman–Crippen LogP) is 6.90. The minimum Gasteiger partial charge on any atom is -0.508 e. The standard InChI is InChI=1S/C27H28BrClO5/c1-16(2)21-10-18(7-8-25(21)31)11-22-23(28)13-20(14-24(22)29)34-15-19(30)5-3-4-17-6-9-26(32)27(33)12-17/h6-10,12-14,16,31-33H,3-5,11,15H2,1-2H3. The Hall–Kier alpha value is -2.70. The number of hydrogen-bond donors (Lipinski definition) is 3. The van der Waals surface area contributed by atoms with E-state index in [9.17, 15) is 20.1 Å². The molecule has 34 heavy (non-hydrogen) atoms. The van der Waals surface area contributed by atoms with Crippen molar-refractivity contribution in [2.45, 2.75) is 45.4 Å². The van der Waals surface area contributed by atoms with Crippen molar-refractivity contribution in [3.63, 3.8) is 0 Å². The van der Waals surface area contributed by atoms with Crippen LogP contribution in [0.1, 0.15) is 54.9 Å². The minimum absolute atomic E-state index is 0.0374. The number of phenols is 3. The van der Waals surface area contributed by atoms with Gasteiger partial charge in [0.15, 0.2) is 17.3 Å². The lowest BCUT2D eigenvalue weighted by molar-refractivity contribution is -0.121. The van der Waals surface area contributed by atoms with E-state index in [4.69, 9.17) is 16.3 Å². The van der Waals surface area contributed by atoms with Crippen molar-refractivity contribution in [1.29, 1.82) is 0 Å². The number of aryl methyl sites for hydroxylation is 1. The third-order valence-electron chi connectivity index (χ3n) is 5.57. The molecule has 0 bridgehead atoms. The molecule has 3 rings (SSSR count). The molecule has 0 saturated heterocycles. The first kappa shape index (κ1) is 25.9. The smallest absolute Gasteiger partial charge is 0.170 e. The Labute approximate surface area is 213 Å². The fourth-order valence-corrected chi connectivity index (χ4v) is 4.63. The molecule has 0 aliphatic rings. The second-order valence-electron chi connectivity index (χ2n) is 8.59. The molecule has 0 fully saturated rings. The number of phenolic OH excluding ortho intramolecular Hbond substituents is 3. The van der Waals surface area contributed by atoms with Crippen LogP contribution in [0, 0.1) is 0 Å². The van der Waals surface area contributed by atoms with Crippen molar-refractivity contribution in [2.24, 2.45) is 0 Å². The minimum atomic E-state index is -0.163. The molecule has 0 unspecified atom stereocenters. The second kappa shape index (κ2) is 11.6. The molecule has 0 heterocycles. The quantitative estimate of drug-likeness (QED) is 0.240. The molecule has 3 aromatic rings. The molecule has 7 heteroatoms. The van der Waals surface area contributed by atoms with Crippen LogP contribution in [0.2, 0.25) is 5.02 Å². The van der Waals surface area contributed by atoms with Crippen molar-refractivity contribution in [3.05, 3.63) is 80.3 Å². The van der Waals surface area contributed by atoms with E-state index in [1.54, 1.807) is 24.3 Å². The summed E-state index contributed by atoms with van der Waals surface area (Å²) in [7, 11) is 0. The number of hydrogen-bond acceptors (Lipinski definition) is 5. The zero-order valence-corrected chi connectivity index (χ0v) is 21.5. The monoisotopic (exact) mass is 546 g/mol. The Balaban J connectivity index is 1.55. The highest BCUT2D eigenvalue weighted by Gasteiger charge is 2.13. The molecule has 0 atom stereocenters. The van der Waals surface area contributed by atoms with Gasteiger partial charge in [-0.15, -0.1) is 0 Å². The fourth-order valence-electron chi connectivity index (χ4n) is 3.66. The highest BCUT2D eigenvalue weighted by molar-refractivity contribution is 9.10. The Bertz CT molecular complexity index is 1150. The van der Waals surface area contributed by atoms with Crippen LogP contribution in [0.4, 0.5) is 0 Å². The van der Waals surface area contributed by atoms with E-state index in [0.29, 0.717) is 42.2 Å². The maximum absolute atomic E-state index is 12.2. The highest BCUT2D eigenvalue weighted by Crippen LogP contribution is 2.34. The van der Waals surface area contributed by atoms with Crippen LogP contribution in [-0.4, -0.2) is 27.7 Å². The van der Waals surface area contributed by atoms with Gasteiger partial charge in [0.05, 0.1) is 0 Å². The number of rotatable bonds is 10. The maximum atomic E-state index is 12.2. The van der Waals surface area contributed by atoms with Crippen molar-refractivity contribution < 1.29 is 24.9 Å². The largest absolute Gasteiger partial charge is 0.508 e. The maximum Gasteiger partial charge on any atom is 0.170 e. The first-order valence-electron chi connectivity index (χ1n) is 11.1. The van der Waals surface area contributed by atoms with E-state index >= 15 is 0 Å². The van der Waals surface area contributed by atoms with Gasteiger partial charge < -0.3 is 20.1 Å². The molecule has 0 aliphatic carbocycles. The molecule has 0 aliphatic heterocycles. The summed E-state index contributed by atoms with van der Waals surface area (Å²) in [5, 5.41) is 29.5. The van der Waals surface area contributed by atoms with Crippen LogP contribution < -0.4 is 4.74 Å². The first-order valence-corrected chi connectivity index (χ1v) is 12.3. The van der Waals surface area contributed by atoms with Crippen molar-refractivity contribution >= 4 is 33.3 Å². The van der Waals surface area contributed by atoms with Crippen LogP contribution in [0.25, 0.3) is 0 Å². The summed E-state index contributed by atoms with van der Waals surface area (Å²) < 4.78 is 6.45. The topological polar surface area (TPSA) is 87.0 Å². The van der Waals surface area contributed by atoms with Gasteiger partial charge >= 0.3 is 0 Å². The second-order valence-corrected chi connectivity index (χ2v) is 9.86. The number of ketones is 1. The summed E-state index contributed by atoms with van der Waals surface area (Å²) in [6.07, 6.45) is 2.15. The van der Waals surface area contributed by atoms with Crippen molar-refractivity contribution in [1.82, 2.24) is 0 Å². The number of carbonyl (C=O) groups is 1. The molecule has 0 aromatic heterocycles. The van der Waals surface area contributed by atoms with Gasteiger partial charge in [0.2, 0.25) is 0 Å². The van der Waals surface area contributed by atoms with Crippen LogP contribution in [-0.2, 0) is 17.6 Å². The zero-order chi connectivity index (χ0) is 24.8. The van der Waals surface area contributed by atoms with E-state index in [0.717, 1.165) is 26.7 Å². The normalized spacial score (nSPS) is 11.1. The lowest BCUT2D eigenvalue weighted by Crippen LogP contribution is -2.11. The van der Waals surface area contributed by atoms with Gasteiger partial charge in [0.25, 0.3) is 0 Å². The van der Waals surface area contributed by atoms with Crippen LogP contribution in [0.15, 0.2) is 53.0 Å². The summed E-state index contributed by atoms with van der Waals surface area (Å²) >= 11 is 10.1. The Morgan fingerprint density at radius 2 is 1.68 bits per heavy atom. The van der Waals surface area contributed by atoms with E-state index in [2.05, 4.69) is 15.9 Å². The third kappa shape index (κ3) is 6.90. The summed E-state index contributed by atoms with van der Waals surface area (Å²) in [4.78, 5) is 12.2. The molecule has 3 N–H and O–H groups in total. The number of Topliss-reactive ketones (excluding diaryl/α,β-unsaturated/α-hetero) is 1. The average Bonchev–Trinajstić information content (AvgIpc) is 2.78. The van der Waals surface area contributed by atoms with Gasteiger partial charge in [0, 0.05) is 22.3 Å². The number of halogens is 2. The molecule has 3 aromatic carbocycles. The molecule has 0 amide bonds. The molecule has 0 spiro atoms. The Morgan fingerprint density at radius 3 is 2.35 bits per heavy atom. The van der Waals surface area contributed by atoms with E-state index < -0.39 is 0 Å². The molecular weight excluding hydrogens is 520 g/mol. The summed E-state index contributed by atoms with van der Waals surface area (Å²) in [5.74, 6) is 0.644. The number of carbonyl (C=O) groups excluding carboxylic acids is 1. The van der Waals surface area contributed by atoms with Gasteiger partial charge in [-0.3, -0.25) is 4.79 Å². The lowest BCUT2D eigenvalue weighted by Gasteiger charge is -2.14. The van der Waals surface area contributed by atoms with Crippen LogP contribution in [0.3, 0.4) is 0 Å². The van der Waals surface area contributed by atoms with Crippen LogP contribution in [0.5, 0.6) is 23.0 Å².